The highest BCUT2D eigenvalue weighted by Gasteiger charge is 2.20. The summed E-state index contributed by atoms with van der Waals surface area (Å²) in [5, 5.41) is 8.86. The number of anilines is 1. The quantitative estimate of drug-likeness (QED) is 0.771. The smallest absolute Gasteiger partial charge is 0.241 e. The van der Waals surface area contributed by atoms with Crippen molar-refractivity contribution in [3.8, 4) is 6.07 Å². The third kappa shape index (κ3) is 5.13. The number of nitrogens with zero attached hydrogens (tertiary/aromatic N) is 3. The van der Waals surface area contributed by atoms with Gasteiger partial charge in [0.2, 0.25) is 5.91 Å². The monoisotopic (exact) mass is 339 g/mol. The van der Waals surface area contributed by atoms with Gasteiger partial charge in [-0.05, 0) is 43.8 Å². The lowest BCUT2D eigenvalue weighted by atomic mass is 10.1. The number of likely N-dealkylation sites (N-methyl/N-ethyl adjacent to an activating group) is 1. The molecule has 2 aromatic carbocycles. The fraction of sp³-hybridized carbons (Fsp3) is 0.300. The summed E-state index contributed by atoms with van der Waals surface area (Å²) in [6.07, 6.45) is 0.276. The number of hydrogen-bond acceptors (Lipinski definition) is 3. The third-order valence-corrected chi connectivity index (χ3v) is 4.21. The van der Waals surface area contributed by atoms with Crippen molar-refractivity contribution in [2.45, 2.75) is 19.4 Å². The number of hydrogen-bond donors (Lipinski definition) is 0. The molecule has 1 atom stereocenters. The maximum Gasteiger partial charge on any atom is 0.241 e. The van der Waals surface area contributed by atoms with Crippen LogP contribution in [0.15, 0.2) is 54.6 Å². The molecule has 5 heteroatoms. The molecule has 0 saturated heterocycles. The second-order valence-corrected chi connectivity index (χ2v) is 5.93. The number of halogens is 1. The molecule has 1 amide bonds. The zero-order chi connectivity index (χ0) is 18.2. The molecule has 0 N–H and O–H groups in total. The first kappa shape index (κ1) is 18.6. The summed E-state index contributed by atoms with van der Waals surface area (Å²) in [5.41, 5.74) is 1.73. The van der Waals surface area contributed by atoms with E-state index in [-0.39, 0.29) is 30.7 Å². The highest BCUT2D eigenvalue weighted by atomic mass is 19.1. The molecule has 0 heterocycles. The largest absolute Gasteiger partial charge is 0.310 e. The van der Waals surface area contributed by atoms with E-state index in [4.69, 9.17) is 5.26 Å². The van der Waals surface area contributed by atoms with E-state index in [2.05, 4.69) is 6.07 Å². The Morgan fingerprint density at radius 2 is 1.80 bits per heavy atom. The third-order valence-electron chi connectivity index (χ3n) is 4.21. The van der Waals surface area contributed by atoms with Gasteiger partial charge in [0.25, 0.3) is 0 Å². The first-order valence-corrected chi connectivity index (χ1v) is 8.21. The predicted octanol–water partition coefficient (Wildman–Crippen LogP) is 3.77. The van der Waals surface area contributed by atoms with Crippen molar-refractivity contribution in [1.82, 2.24) is 4.90 Å². The van der Waals surface area contributed by atoms with Crippen LogP contribution in [0.1, 0.15) is 24.9 Å². The molecule has 0 aromatic heterocycles. The molecule has 4 nitrogen and oxygen atoms in total. The summed E-state index contributed by atoms with van der Waals surface area (Å²) in [7, 11) is 1.86. The Labute approximate surface area is 148 Å². The lowest BCUT2D eigenvalue weighted by molar-refractivity contribution is -0.119. The van der Waals surface area contributed by atoms with Crippen molar-refractivity contribution in [2.24, 2.45) is 0 Å². The van der Waals surface area contributed by atoms with Gasteiger partial charge in [-0.15, -0.1) is 0 Å². The van der Waals surface area contributed by atoms with E-state index in [1.54, 1.807) is 17.0 Å². The molecule has 25 heavy (non-hydrogen) atoms. The van der Waals surface area contributed by atoms with E-state index in [9.17, 15) is 9.18 Å². The fourth-order valence-corrected chi connectivity index (χ4v) is 2.60. The Balaban J connectivity index is 2.08. The molecular formula is C20H22FN3O. The zero-order valence-electron chi connectivity index (χ0n) is 14.5. The predicted molar refractivity (Wildman–Crippen MR) is 96.5 cm³/mol. The van der Waals surface area contributed by atoms with Crippen molar-refractivity contribution < 1.29 is 9.18 Å². The topological polar surface area (TPSA) is 47.3 Å². The van der Waals surface area contributed by atoms with Crippen LogP contribution in [0.5, 0.6) is 0 Å². The fourth-order valence-electron chi connectivity index (χ4n) is 2.60. The van der Waals surface area contributed by atoms with Gasteiger partial charge in [0.05, 0.1) is 19.0 Å². The van der Waals surface area contributed by atoms with Crippen LogP contribution in [0.4, 0.5) is 10.1 Å². The zero-order valence-corrected chi connectivity index (χ0v) is 14.5. The Morgan fingerprint density at radius 3 is 2.40 bits per heavy atom. The summed E-state index contributed by atoms with van der Waals surface area (Å²) in [6, 6.07) is 17.7. The van der Waals surface area contributed by atoms with Crippen molar-refractivity contribution in [1.29, 1.82) is 5.26 Å². The minimum absolute atomic E-state index is 0.0295. The molecule has 1 unspecified atom stereocenters. The lowest BCUT2D eigenvalue weighted by Crippen LogP contribution is -2.40. The number of carbonyl (C=O) groups is 1. The normalized spacial score (nSPS) is 11.8. The van der Waals surface area contributed by atoms with Gasteiger partial charge in [-0.25, -0.2) is 4.39 Å². The van der Waals surface area contributed by atoms with Gasteiger partial charge in [-0.1, -0.05) is 30.3 Å². The summed E-state index contributed by atoms with van der Waals surface area (Å²) in [6.45, 7) is 2.54. The van der Waals surface area contributed by atoms with Gasteiger partial charge < -0.3 is 4.90 Å². The molecule has 0 spiro atoms. The van der Waals surface area contributed by atoms with Gasteiger partial charge in [0.1, 0.15) is 5.82 Å². The molecule has 0 aliphatic carbocycles. The van der Waals surface area contributed by atoms with Crippen LogP contribution in [-0.4, -0.2) is 30.9 Å². The van der Waals surface area contributed by atoms with Gasteiger partial charge >= 0.3 is 0 Å². The van der Waals surface area contributed by atoms with Crippen molar-refractivity contribution in [2.75, 3.05) is 25.0 Å². The van der Waals surface area contributed by atoms with E-state index in [1.807, 2.05) is 49.2 Å². The standard InChI is InChI=1S/C20H22FN3O/c1-16(17-9-11-18(21)12-10-17)23(2)15-20(25)24(14-6-13-22)19-7-4-3-5-8-19/h3-5,7-12,16H,6,14-15H2,1-2H3. The van der Waals surface area contributed by atoms with Crippen LogP contribution in [0, 0.1) is 17.1 Å². The maximum atomic E-state index is 13.1. The van der Waals surface area contributed by atoms with E-state index in [1.165, 1.54) is 12.1 Å². The minimum atomic E-state index is -0.276. The van der Waals surface area contributed by atoms with Crippen molar-refractivity contribution in [3.63, 3.8) is 0 Å². The number of carbonyl (C=O) groups excluding carboxylic acids is 1. The average Bonchev–Trinajstić information content (AvgIpc) is 2.63. The van der Waals surface area contributed by atoms with E-state index in [0.717, 1.165) is 11.3 Å². The molecular weight excluding hydrogens is 317 g/mol. The molecule has 2 rings (SSSR count). The van der Waals surface area contributed by atoms with Crippen LogP contribution < -0.4 is 4.90 Å². The Hall–Kier alpha value is -2.71. The molecule has 0 bridgehead atoms. The molecule has 0 aliphatic heterocycles. The van der Waals surface area contributed by atoms with Crippen LogP contribution in [0.3, 0.4) is 0 Å². The van der Waals surface area contributed by atoms with Gasteiger partial charge in [-0.3, -0.25) is 9.69 Å². The SMILES string of the molecule is CC(c1ccc(F)cc1)N(C)CC(=O)N(CCC#N)c1ccccc1. The summed E-state index contributed by atoms with van der Waals surface area (Å²) in [5.74, 6) is -0.348. The van der Waals surface area contributed by atoms with Crippen LogP contribution >= 0.6 is 0 Å². The first-order chi connectivity index (χ1) is 12.0. The van der Waals surface area contributed by atoms with E-state index in [0.29, 0.717) is 6.54 Å². The minimum Gasteiger partial charge on any atom is -0.310 e. The molecule has 0 fully saturated rings. The van der Waals surface area contributed by atoms with Gasteiger partial charge in [0.15, 0.2) is 0 Å². The summed E-state index contributed by atoms with van der Waals surface area (Å²) in [4.78, 5) is 16.3. The Kier molecular flexibility index (Phi) is 6.67. The van der Waals surface area contributed by atoms with Crippen LogP contribution in [-0.2, 0) is 4.79 Å². The first-order valence-electron chi connectivity index (χ1n) is 8.21. The number of rotatable bonds is 7. The number of benzene rings is 2. The van der Waals surface area contributed by atoms with Crippen LogP contribution in [0.25, 0.3) is 0 Å². The van der Waals surface area contributed by atoms with Crippen molar-refractivity contribution >= 4 is 11.6 Å². The van der Waals surface area contributed by atoms with Gasteiger partial charge in [-0.2, -0.15) is 5.26 Å². The Morgan fingerprint density at radius 1 is 1.16 bits per heavy atom. The number of nitriles is 1. The Bertz CT molecular complexity index is 725. The summed E-state index contributed by atoms with van der Waals surface area (Å²) >= 11 is 0. The molecule has 0 aliphatic rings. The lowest BCUT2D eigenvalue weighted by Gasteiger charge is -2.28. The number of para-hydroxylation sites is 1. The molecule has 0 saturated carbocycles. The van der Waals surface area contributed by atoms with Crippen molar-refractivity contribution in [3.05, 3.63) is 66.0 Å². The molecule has 130 valence electrons. The molecule has 2 aromatic rings. The number of amides is 1. The second kappa shape index (κ2) is 8.95. The highest BCUT2D eigenvalue weighted by Crippen LogP contribution is 2.20. The maximum absolute atomic E-state index is 13.1. The van der Waals surface area contributed by atoms with E-state index >= 15 is 0 Å². The highest BCUT2D eigenvalue weighted by molar-refractivity contribution is 5.94. The van der Waals surface area contributed by atoms with Crippen LogP contribution in [0.2, 0.25) is 0 Å². The van der Waals surface area contributed by atoms with E-state index < -0.39 is 0 Å². The molecule has 0 radical (unpaired) electrons. The average molecular weight is 339 g/mol. The second-order valence-electron chi connectivity index (χ2n) is 5.93. The summed E-state index contributed by atoms with van der Waals surface area (Å²) < 4.78 is 13.1. The van der Waals surface area contributed by atoms with Gasteiger partial charge in [0, 0.05) is 18.3 Å².